The predicted octanol–water partition coefficient (Wildman–Crippen LogP) is 2.58. The van der Waals surface area contributed by atoms with Gasteiger partial charge in [0.25, 0.3) is 0 Å². The molecular weight excluding hydrogens is 232 g/mol. The summed E-state index contributed by atoms with van der Waals surface area (Å²) in [5, 5.41) is 14.6. The molecule has 0 spiro atoms. The van der Waals surface area contributed by atoms with Crippen LogP contribution in [0.5, 0.6) is 0 Å². The Morgan fingerprint density at radius 3 is 2.59 bits per heavy atom. The van der Waals surface area contributed by atoms with Crippen LogP contribution in [0, 0.1) is 18.3 Å². The Kier molecular flexibility index (Phi) is 5.10. The SMILES string of the molecule is Cc1ncc(CNCC(C)(C)C(O)C(C)C)s1. The van der Waals surface area contributed by atoms with Crippen molar-refractivity contribution in [2.45, 2.75) is 47.3 Å². The van der Waals surface area contributed by atoms with Crippen molar-refractivity contribution in [3.05, 3.63) is 16.1 Å². The Morgan fingerprint density at radius 2 is 2.12 bits per heavy atom. The van der Waals surface area contributed by atoms with E-state index in [4.69, 9.17) is 0 Å². The molecule has 98 valence electrons. The molecule has 1 rings (SSSR count). The molecule has 0 fully saturated rings. The van der Waals surface area contributed by atoms with E-state index < -0.39 is 0 Å². The van der Waals surface area contributed by atoms with Gasteiger partial charge in [0.15, 0.2) is 0 Å². The van der Waals surface area contributed by atoms with Gasteiger partial charge in [0.1, 0.15) is 0 Å². The number of thiazole rings is 1. The summed E-state index contributed by atoms with van der Waals surface area (Å²) in [6.45, 7) is 12.0. The van der Waals surface area contributed by atoms with Gasteiger partial charge >= 0.3 is 0 Å². The maximum Gasteiger partial charge on any atom is 0.0897 e. The molecule has 17 heavy (non-hydrogen) atoms. The minimum Gasteiger partial charge on any atom is -0.392 e. The first-order chi connectivity index (χ1) is 7.83. The van der Waals surface area contributed by atoms with Gasteiger partial charge in [-0.3, -0.25) is 0 Å². The summed E-state index contributed by atoms with van der Waals surface area (Å²) in [7, 11) is 0. The molecule has 1 unspecified atom stereocenters. The molecule has 0 bridgehead atoms. The van der Waals surface area contributed by atoms with Crippen molar-refractivity contribution in [1.82, 2.24) is 10.3 Å². The third kappa shape index (κ3) is 4.37. The lowest BCUT2D eigenvalue weighted by molar-refractivity contribution is 0.0135. The first-order valence-corrected chi connectivity index (χ1v) is 6.94. The van der Waals surface area contributed by atoms with Gasteiger partial charge in [-0.05, 0) is 12.8 Å². The fourth-order valence-electron chi connectivity index (χ4n) is 2.00. The molecule has 1 aromatic heterocycles. The second-order valence-electron chi connectivity index (χ2n) is 5.63. The van der Waals surface area contributed by atoms with Gasteiger partial charge in [-0.2, -0.15) is 0 Å². The molecule has 0 saturated carbocycles. The minimum absolute atomic E-state index is 0.103. The van der Waals surface area contributed by atoms with Gasteiger partial charge in [-0.1, -0.05) is 27.7 Å². The number of nitrogens with one attached hydrogen (secondary N) is 1. The third-order valence-corrected chi connectivity index (χ3v) is 3.89. The zero-order valence-electron chi connectivity index (χ0n) is 11.4. The molecule has 0 aliphatic rings. The van der Waals surface area contributed by atoms with E-state index in [1.165, 1.54) is 4.88 Å². The number of aryl methyl sites for hydroxylation is 1. The van der Waals surface area contributed by atoms with Gasteiger partial charge in [0, 0.05) is 29.6 Å². The highest BCUT2D eigenvalue weighted by atomic mass is 32.1. The van der Waals surface area contributed by atoms with Crippen LogP contribution in [0.15, 0.2) is 6.20 Å². The van der Waals surface area contributed by atoms with Crippen LogP contribution >= 0.6 is 11.3 Å². The van der Waals surface area contributed by atoms with E-state index in [2.05, 4.69) is 38.0 Å². The van der Waals surface area contributed by atoms with Crippen molar-refractivity contribution >= 4 is 11.3 Å². The summed E-state index contributed by atoms with van der Waals surface area (Å²) in [6, 6.07) is 0. The third-order valence-electron chi connectivity index (χ3n) is 2.98. The zero-order chi connectivity index (χ0) is 13.1. The second-order valence-corrected chi connectivity index (χ2v) is 6.95. The quantitative estimate of drug-likeness (QED) is 0.822. The number of hydrogen-bond acceptors (Lipinski definition) is 4. The summed E-state index contributed by atoms with van der Waals surface area (Å²) >= 11 is 1.72. The van der Waals surface area contributed by atoms with Crippen LogP contribution in [-0.4, -0.2) is 22.7 Å². The topological polar surface area (TPSA) is 45.2 Å². The van der Waals surface area contributed by atoms with Crippen molar-refractivity contribution < 1.29 is 5.11 Å². The molecule has 2 N–H and O–H groups in total. The van der Waals surface area contributed by atoms with Crippen LogP contribution in [-0.2, 0) is 6.54 Å². The number of rotatable bonds is 6. The van der Waals surface area contributed by atoms with E-state index in [-0.39, 0.29) is 17.4 Å². The average molecular weight is 256 g/mol. The molecular formula is C13H24N2OS. The molecule has 4 heteroatoms. The number of aliphatic hydroxyl groups is 1. The van der Waals surface area contributed by atoms with Crippen LogP contribution in [0.1, 0.15) is 37.6 Å². The first-order valence-electron chi connectivity index (χ1n) is 6.13. The van der Waals surface area contributed by atoms with Crippen LogP contribution < -0.4 is 5.32 Å². The van der Waals surface area contributed by atoms with Gasteiger partial charge in [-0.25, -0.2) is 4.98 Å². The lowest BCUT2D eigenvalue weighted by Crippen LogP contribution is -2.41. The average Bonchev–Trinajstić information content (AvgIpc) is 2.62. The van der Waals surface area contributed by atoms with Crippen molar-refractivity contribution in [3.8, 4) is 0 Å². The van der Waals surface area contributed by atoms with E-state index in [0.717, 1.165) is 18.1 Å². The number of nitrogens with zero attached hydrogens (tertiary/aromatic N) is 1. The van der Waals surface area contributed by atoms with E-state index in [0.29, 0.717) is 0 Å². The zero-order valence-corrected chi connectivity index (χ0v) is 12.3. The molecule has 1 heterocycles. The summed E-state index contributed by atoms with van der Waals surface area (Å²) in [5.74, 6) is 0.289. The van der Waals surface area contributed by atoms with Crippen LogP contribution in [0.4, 0.5) is 0 Å². The van der Waals surface area contributed by atoms with Crippen molar-refractivity contribution in [2.75, 3.05) is 6.54 Å². The van der Waals surface area contributed by atoms with Crippen molar-refractivity contribution in [1.29, 1.82) is 0 Å². The van der Waals surface area contributed by atoms with E-state index in [1.807, 2.05) is 13.1 Å². The molecule has 0 aliphatic carbocycles. The first kappa shape index (κ1) is 14.6. The monoisotopic (exact) mass is 256 g/mol. The van der Waals surface area contributed by atoms with Crippen molar-refractivity contribution in [3.63, 3.8) is 0 Å². The summed E-state index contributed by atoms with van der Waals surface area (Å²) in [5.41, 5.74) is -0.103. The predicted molar refractivity (Wildman–Crippen MR) is 73.2 cm³/mol. The molecule has 0 radical (unpaired) electrons. The Morgan fingerprint density at radius 1 is 1.47 bits per heavy atom. The number of aromatic nitrogens is 1. The van der Waals surface area contributed by atoms with Gasteiger partial charge in [0.05, 0.1) is 11.1 Å². The van der Waals surface area contributed by atoms with Gasteiger partial charge in [-0.15, -0.1) is 11.3 Å². The largest absolute Gasteiger partial charge is 0.392 e. The Hall–Kier alpha value is -0.450. The van der Waals surface area contributed by atoms with Crippen LogP contribution in [0.25, 0.3) is 0 Å². The Bertz CT molecular complexity index is 347. The smallest absolute Gasteiger partial charge is 0.0897 e. The molecule has 0 aromatic carbocycles. The molecule has 0 saturated heterocycles. The van der Waals surface area contributed by atoms with E-state index in [1.54, 1.807) is 11.3 Å². The van der Waals surface area contributed by atoms with Crippen LogP contribution in [0.3, 0.4) is 0 Å². The normalized spacial score (nSPS) is 14.3. The second kappa shape index (κ2) is 5.94. The minimum atomic E-state index is -0.279. The number of hydrogen-bond donors (Lipinski definition) is 2. The Labute approximate surface area is 108 Å². The molecule has 0 aliphatic heterocycles. The van der Waals surface area contributed by atoms with Crippen molar-refractivity contribution in [2.24, 2.45) is 11.3 Å². The molecule has 1 aromatic rings. The number of aliphatic hydroxyl groups excluding tert-OH is 1. The molecule has 3 nitrogen and oxygen atoms in total. The summed E-state index contributed by atoms with van der Waals surface area (Å²) in [4.78, 5) is 5.47. The van der Waals surface area contributed by atoms with E-state index in [9.17, 15) is 5.11 Å². The van der Waals surface area contributed by atoms with E-state index >= 15 is 0 Å². The summed E-state index contributed by atoms with van der Waals surface area (Å²) in [6.07, 6.45) is 1.64. The molecule has 1 atom stereocenters. The standard InChI is InChI=1S/C13H24N2OS/c1-9(2)12(16)13(4,5)8-14-6-11-7-15-10(3)17-11/h7,9,12,14,16H,6,8H2,1-5H3. The lowest BCUT2D eigenvalue weighted by atomic mass is 9.81. The highest BCUT2D eigenvalue weighted by Gasteiger charge is 2.29. The maximum atomic E-state index is 10.1. The fourth-order valence-corrected chi connectivity index (χ4v) is 2.77. The highest BCUT2D eigenvalue weighted by molar-refractivity contribution is 7.11. The molecule has 0 amide bonds. The van der Waals surface area contributed by atoms with Gasteiger partial charge < -0.3 is 10.4 Å². The fraction of sp³-hybridized carbons (Fsp3) is 0.769. The Balaban J connectivity index is 2.39. The lowest BCUT2D eigenvalue weighted by Gasteiger charge is -2.33. The van der Waals surface area contributed by atoms with Gasteiger partial charge in [0.2, 0.25) is 0 Å². The highest BCUT2D eigenvalue weighted by Crippen LogP contribution is 2.25. The van der Waals surface area contributed by atoms with Crippen LogP contribution in [0.2, 0.25) is 0 Å². The maximum absolute atomic E-state index is 10.1. The summed E-state index contributed by atoms with van der Waals surface area (Å²) < 4.78 is 0.